The molecule has 1 fully saturated rings. The van der Waals surface area contributed by atoms with E-state index in [1.165, 1.54) is 51.8 Å². The van der Waals surface area contributed by atoms with Crippen molar-refractivity contribution < 1.29 is 14.3 Å². The molecule has 0 unspecified atom stereocenters. The standard InChI is InChI=1S/C11H21N2O3.3C4H9.Sn/c1-10(2,3)16-9(14)13-6-5-11(12,7-13)8-15-4;3*1-3-4-2;/h4-8,12H2,1-3H3;3*1,3-4H2,2H3;/t11-;;;;/m1..../s1. The number of nitrogens with zero attached hydrogens (tertiary/aromatic N) is 1. The normalized spacial score (nSPS) is 20.3. The number of unbranched alkanes of at least 4 members (excludes halogenated alkanes) is 3. The van der Waals surface area contributed by atoms with Gasteiger partial charge in [-0.25, -0.2) is 0 Å². The molecule has 1 amide bonds. The van der Waals surface area contributed by atoms with Crippen LogP contribution in [0.3, 0.4) is 0 Å². The molecule has 0 radical (unpaired) electrons. The van der Waals surface area contributed by atoms with Gasteiger partial charge in [0.2, 0.25) is 0 Å². The Morgan fingerprint density at radius 3 is 2.00 bits per heavy atom. The summed E-state index contributed by atoms with van der Waals surface area (Å²) >= 11 is -2.29. The van der Waals surface area contributed by atoms with Crippen molar-refractivity contribution in [3.63, 3.8) is 0 Å². The van der Waals surface area contributed by atoms with Gasteiger partial charge in [-0.15, -0.1) is 0 Å². The SMILES string of the molecule is CCC[CH2][Sn]([CH2]CCC)([CH2]CCC)[CH2]OC[C@@]1(N)CCN(C(=O)OC(C)(C)C)C1. The maximum atomic E-state index is 12.4. The van der Waals surface area contributed by atoms with Gasteiger partial charge in [-0.1, -0.05) is 0 Å². The van der Waals surface area contributed by atoms with Crippen molar-refractivity contribution in [2.45, 2.75) is 111 Å². The first-order chi connectivity index (χ1) is 13.6. The Bertz CT molecular complexity index is 459. The molecule has 0 aromatic rings. The molecule has 1 atom stereocenters. The molecule has 1 rings (SSSR count). The Labute approximate surface area is 184 Å². The van der Waals surface area contributed by atoms with Gasteiger partial charge in [-0.3, -0.25) is 0 Å². The number of likely N-dealkylation sites (tertiary alicyclic amines) is 1. The number of carbonyl (C=O) groups is 1. The Morgan fingerprint density at radius 1 is 1.03 bits per heavy atom. The zero-order valence-corrected chi connectivity index (χ0v) is 23.0. The average molecular weight is 519 g/mol. The van der Waals surface area contributed by atoms with Crippen molar-refractivity contribution in [3.8, 4) is 0 Å². The molecule has 172 valence electrons. The van der Waals surface area contributed by atoms with Crippen molar-refractivity contribution in [2.75, 3.05) is 24.3 Å². The van der Waals surface area contributed by atoms with Crippen LogP contribution in [0, 0.1) is 0 Å². The molecule has 0 aromatic carbocycles. The fraction of sp³-hybridized carbons (Fsp3) is 0.957. The van der Waals surface area contributed by atoms with Gasteiger partial charge >= 0.3 is 185 Å². The quantitative estimate of drug-likeness (QED) is 0.316. The van der Waals surface area contributed by atoms with Crippen LogP contribution in [-0.2, 0) is 9.47 Å². The van der Waals surface area contributed by atoms with E-state index in [4.69, 9.17) is 15.2 Å². The zero-order valence-electron chi connectivity index (χ0n) is 20.1. The summed E-state index contributed by atoms with van der Waals surface area (Å²) in [5.74, 6) is 0. The van der Waals surface area contributed by atoms with Gasteiger partial charge in [0, 0.05) is 0 Å². The summed E-state index contributed by atoms with van der Waals surface area (Å²) in [5, 5.41) is 0. The van der Waals surface area contributed by atoms with Crippen LogP contribution < -0.4 is 5.73 Å². The number of hydrogen-bond donors (Lipinski definition) is 1. The summed E-state index contributed by atoms with van der Waals surface area (Å²) in [4.78, 5) is 14.1. The molecule has 1 aliphatic rings. The van der Waals surface area contributed by atoms with E-state index in [9.17, 15) is 4.79 Å². The molecule has 0 aromatic heterocycles. The molecule has 1 saturated heterocycles. The first-order valence-electron chi connectivity index (χ1n) is 11.9. The molecule has 5 nitrogen and oxygen atoms in total. The number of amides is 1. The van der Waals surface area contributed by atoms with Crippen LogP contribution in [0.5, 0.6) is 0 Å². The number of ether oxygens (including phenoxy) is 2. The maximum absolute atomic E-state index is 12.4. The van der Waals surface area contributed by atoms with E-state index in [2.05, 4.69) is 20.8 Å². The molecular formula is C23H48N2O3Sn. The van der Waals surface area contributed by atoms with E-state index in [0.29, 0.717) is 19.7 Å². The van der Waals surface area contributed by atoms with Crippen molar-refractivity contribution >= 4 is 24.5 Å². The molecule has 2 N–H and O–H groups in total. The van der Waals surface area contributed by atoms with Gasteiger partial charge in [0.15, 0.2) is 0 Å². The Hall–Kier alpha value is -0.0113. The second-order valence-corrected chi connectivity index (χ2v) is 24.0. The van der Waals surface area contributed by atoms with Gasteiger partial charge < -0.3 is 0 Å². The Balaban J connectivity index is 2.64. The molecule has 0 bridgehead atoms. The van der Waals surface area contributed by atoms with Crippen LogP contribution in [0.25, 0.3) is 0 Å². The zero-order chi connectivity index (χ0) is 22.0. The first-order valence-corrected chi connectivity index (χ1v) is 20.0. The second kappa shape index (κ2) is 12.7. The molecule has 1 heterocycles. The van der Waals surface area contributed by atoms with Gasteiger partial charge in [-0.05, 0) is 0 Å². The molecular weight excluding hydrogens is 471 g/mol. The summed E-state index contributed by atoms with van der Waals surface area (Å²) in [6.07, 6.45) is 8.43. The van der Waals surface area contributed by atoms with E-state index in [1.54, 1.807) is 4.90 Å². The van der Waals surface area contributed by atoms with Crippen LogP contribution in [0.15, 0.2) is 0 Å². The van der Waals surface area contributed by atoms with E-state index in [0.717, 1.165) is 11.0 Å². The number of hydrogen-bond acceptors (Lipinski definition) is 4. The van der Waals surface area contributed by atoms with E-state index >= 15 is 0 Å². The molecule has 0 saturated carbocycles. The monoisotopic (exact) mass is 520 g/mol. The van der Waals surface area contributed by atoms with E-state index in [-0.39, 0.29) is 6.09 Å². The van der Waals surface area contributed by atoms with Crippen molar-refractivity contribution in [3.05, 3.63) is 0 Å². The van der Waals surface area contributed by atoms with Crippen molar-refractivity contribution in [1.82, 2.24) is 4.90 Å². The fourth-order valence-corrected chi connectivity index (χ4v) is 18.6. The minimum absolute atomic E-state index is 0.257. The van der Waals surface area contributed by atoms with Gasteiger partial charge in [0.05, 0.1) is 0 Å². The predicted molar refractivity (Wildman–Crippen MR) is 125 cm³/mol. The van der Waals surface area contributed by atoms with Crippen LogP contribution in [-0.4, -0.2) is 64.8 Å². The van der Waals surface area contributed by atoms with Crippen molar-refractivity contribution in [2.24, 2.45) is 5.73 Å². The van der Waals surface area contributed by atoms with Gasteiger partial charge in [0.25, 0.3) is 0 Å². The Morgan fingerprint density at radius 2 is 1.55 bits per heavy atom. The van der Waals surface area contributed by atoms with Gasteiger partial charge in [0.1, 0.15) is 0 Å². The van der Waals surface area contributed by atoms with Crippen LogP contribution in [0.4, 0.5) is 4.79 Å². The number of nitrogens with two attached hydrogens (primary N) is 1. The topological polar surface area (TPSA) is 64.8 Å². The third kappa shape index (κ3) is 10.2. The first kappa shape index (κ1) is 27.0. The predicted octanol–water partition coefficient (Wildman–Crippen LogP) is 5.73. The van der Waals surface area contributed by atoms with Crippen molar-refractivity contribution in [1.29, 1.82) is 0 Å². The van der Waals surface area contributed by atoms with Gasteiger partial charge in [-0.2, -0.15) is 0 Å². The van der Waals surface area contributed by atoms with Crippen LogP contribution in [0.1, 0.15) is 86.5 Å². The summed E-state index contributed by atoms with van der Waals surface area (Å²) in [5.41, 5.74) is 5.72. The minimum atomic E-state index is -2.29. The summed E-state index contributed by atoms with van der Waals surface area (Å²) in [6.45, 7) is 14.4. The molecule has 0 aliphatic carbocycles. The summed E-state index contributed by atoms with van der Waals surface area (Å²) in [6, 6.07) is 0. The fourth-order valence-electron chi connectivity index (χ4n) is 4.21. The third-order valence-corrected chi connectivity index (χ3v) is 20.5. The van der Waals surface area contributed by atoms with E-state index < -0.39 is 29.5 Å². The van der Waals surface area contributed by atoms with Crippen LogP contribution in [0.2, 0.25) is 13.3 Å². The molecule has 0 spiro atoms. The summed E-state index contributed by atoms with van der Waals surface area (Å²) in [7, 11) is 0. The second-order valence-electron chi connectivity index (χ2n) is 10.3. The summed E-state index contributed by atoms with van der Waals surface area (Å²) < 4.78 is 17.3. The molecule has 1 aliphatic heterocycles. The number of carbonyl (C=O) groups excluding carboxylic acids is 1. The Kier molecular flexibility index (Phi) is 11.9. The molecule has 29 heavy (non-hydrogen) atoms. The molecule has 6 heteroatoms. The average Bonchev–Trinajstić information content (AvgIpc) is 3.04. The van der Waals surface area contributed by atoms with E-state index in [1.807, 2.05) is 20.8 Å². The van der Waals surface area contributed by atoms with Crippen LogP contribution >= 0.6 is 0 Å². The third-order valence-electron chi connectivity index (χ3n) is 6.02. The number of rotatable bonds is 13.